The van der Waals surface area contributed by atoms with Gasteiger partial charge in [0, 0.05) is 18.6 Å². The highest BCUT2D eigenvalue weighted by Crippen LogP contribution is 2.31. The van der Waals surface area contributed by atoms with E-state index in [1.807, 2.05) is 17.9 Å². The van der Waals surface area contributed by atoms with Gasteiger partial charge in [-0.15, -0.1) is 0 Å². The number of hydrogen-bond acceptors (Lipinski definition) is 3. The summed E-state index contributed by atoms with van der Waals surface area (Å²) in [5.41, 5.74) is 7.13. The van der Waals surface area contributed by atoms with Gasteiger partial charge in [-0.05, 0) is 43.9 Å². The van der Waals surface area contributed by atoms with Gasteiger partial charge >= 0.3 is 0 Å². The van der Waals surface area contributed by atoms with Crippen LogP contribution in [0.25, 0.3) is 0 Å². The van der Waals surface area contributed by atoms with Gasteiger partial charge in [0.05, 0.1) is 12.3 Å². The second-order valence-electron chi connectivity index (χ2n) is 5.00. The fourth-order valence-corrected chi connectivity index (χ4v) is 2.35. The van der Waals surface area contributed by atoms with Crippen LogP contribution >= 0.6 is 0 Å². The molecule has 2 rings (SSSR count). The lowest BCUT2D eigenvalue weighted by Crippen LogP contribution is -2.42. The van der Waals surface area contributed by atoms with Gasteiger partial charge in [0.2, 0.25) is 0 Å². The number of halogens is 1. The molecule has 18 heavy (non-hydrogen) atoms. The highest BCUT2D eigenvalue weighted by Gasteiger charge is 2.26. The molecule has 3 nitrogen and oxygen atoms in total. The molecule has 1 fully saturated rings. The van der Waals surface area contributed by atoms with E-state index in [0.29, 0.717) is 18.3 Å². The Hall–Kier alpha value is -1.13. The van der Waals surface area contributed by atoms with E-state index in [0.717, 1.165) is 18.4 Å². The predicted molar refractivity (Wildman–Crippen MR) is 71.1 cm³/mol. The summed E-state index contributed by atoms with van der Waals surface area (Å²) in [4.78, 5) is 1.98. The third-order valence-electron chi connectivity index (χ3n) is 3.66. The van der Waals surface area contributed by atoms with E-state index in [4.69, 9.17) is 10.8 Å². The summed E-state index contributed by atoms with van der Waals surface area (Å²) in [5.74, 6) is -0.245. The van der Waals surface area contributed by atoms with Crippen molar-refractivity contribution in [3.63, 3.8) is 0 Å². The number of hydrogen-bond donors (Lipinski definition) is 2. The molecule has 1 saturated carbocycles. The van der Waals surface area contributed by atoms with Gasteiger partial charge in [-0.25, -0.2) is 4.39 Å². The Labute approximate surface area is 107 Å². The van der Waals surface area contributed by atoms with Gasteiger partial charge < -0.3 is 15.7 Å². The van der Waals surface area contributed by atoms with E-state index in [-0.39, 0.29) is 18.5 Å². The van der Waals surface area contributed by atoms with Gasteiger partial charge in [-0.1, -0.05) is 6.07 Å². The maximum absolute atomic E-state index is 14.1. The third kappa shape index (κ3) is 2.65. The first kappa shape index (κ1) is 13.3. The molecule has 0 aliphatic heterocycles. The van der Waals surface area contributed by atoms with E-state index in [9.17, 15) is 4.39 Å². The van der Waals surface area contributed by atoms with Crippen LogP contribution in [-0.4, -0.2) is 24.3 Å². The zero-order valence-corrected chi connectivity index (χ0v) is 10.8. The molecule has 0 heterocycles. The number of rotatable bonds is 5. The normalized spacial score (nSPS) is 17.3. The van der Waals surface area contributed by atoms with Gasteiger partial charge in [0.25, 0.3) is 0 Å². The second kappa shape index (κ2) is 5.67. The summed E-state index contributed by atoms with van der Waals surface area (Å²) in [5, 5.41) is 9.12. The number of aliphatic hydroxyl groups excluding tert-OH is 1. The van der Waals surface area contributed by atoms with Crippen LogP contribution in [0.1, 0.15) is 37.8 Å². The quantitative estimate of drug-likeness (QED) is 0.844. The number of anilines is 1. The minimum absolute atomic E-state index is 0.0466. The lowest BCUT2D eigenvalue weighted by atomic mass is 9.91. The largest absolute Gasteiger partial charge is 0.395 e. The topological polar surface area (TPSA) is 49.5 Å². The molecule has 1 aromatic carbocycles. The molecule has 1 atom stereocenters. The Bertz CT molecular complexity index is 405. The molecule has 3 N–H and O–H groups in total. The van der Waals surface area contributed by atoms with Crippen LogP contribution in [0.2, 0.25) is 0 Å². The fraction of sp³-hybridized carbons (Fsp3) is 0.571. The highest BCUT2D eigenvalue weighted by molar-refractivity contribution is 5.51. The highest BCUT2D eigenvalue weighted by atomic mass is 19.1. The minimum Gasteiger partial charge on any atom is -0.395 e. The van der Waals surface area contributed by atoms with E-state index < -0.39 is 0 Å². The Balaban J connectivity index is 2.23. The van der Waals surface area contributed by atoms with Crippen LogP contribution in [0.5, 0.6) is 0 Å². The average Bonchev–Trinajstić information content (AvgIpc) is 2.26. The number of nitrogens with two attached hydrogens (primary N) is 1. The van der Waals surface area contributed by atoms with Crippen molar-refractivity contribution in [3.05, 3.63) is 29.6 Å². The summed E-state index contributed by atoms with van der Waals surface area (Å²) < 4.78 is 14.1. The third-order valence-corrected chi connectivity index (χ3v) is 3.66. The van der Waals surface area contributed by atoms with Crippen LogP contribution in [0.15, 0.2) is 18.2 Å². The maximum atomic E-state index is 14.1. The van der Waals surface area contributed by atoms with Crippen molar-refractivity contribution in [2.75, 3.05) is 18.1 Å². The van der Waals surface area contributed by atoms with E-state index in [1.54, 1.807) is 6.07 Å². The van der Waals surface area contributed by atoms with E-state index >= 15 is 0 Å². The first-order valence-electron chi connectivity index (χ1n) is 6.56. The fourth-order valence-electron chi connectivity index (χ4n) is 2.35. The molecule has 4 heteroatoms. The zero-order valence-electron chi connectivity index (χ0n) is 10.8. The molecule has 0 aromatic heterocycles. The molecule has 1 aromatic rings. The van der Waals surface area contributed by atoms with Crippen molar-refractivity contribution in [1.29, 1.82) is 0 Å². The van der Waals surface area contributed by atoms with Crippen LogP contribution in [0.3, 0.4) is 0 Å². The lowest BCUT2D eigenvalue weighted by molar-refractivity contribution is 0.282. The maximum Gasteiger partial charge on any atom is 0.146 e. The van der Waals surface area contributed by atoms with Crippen molar-refractivity contribution < 1.29 is 9.50 Å². The van der Waals surface area contributed by atoms with Crippen molar-refractivity contribution in [2.24, 2.45) is 5.73 Å². The van der Waals surface area contributed by atoms with Crippen molar-refractivity contribution in [1.82, 2.24) is 0 Å². The molecular formula is C14H21FN2O. The summed E-state index contributed by atoms with van der Waals surface area (Å²) in [6.07, 6.45) is 3.34. The van der Waals surface area contributed by atoms with Crippen LogP contribution in [-0.2, 0) is 0 Å². The zero-order chi connectivity index (χ0) is 13.1. The van der Waals surface area contributed by atoms with Crippen LogP contribution in [0.4, 0.5) is 10.1 Å². The molecule has 0 bridgehead atoms. The van der Waals surface area contributed by atoms with Crippen LogP contribution < -0.4 is 10.6 Å². The Morgan fingerprint density at radius 3 is 2.67 bits per heavy atom. The van der Waals surface area contributed by atoms with Gasteiger partial charge in [0.15, 0.2) is 0 Å². The van der Waals surface area contributed by atoms with Crippen molar-refractivity contribution in [2.45, 2.75) is 38.3 Å². The molecular weight excluding hydrogens is 231 g/mol. The number of nitrogens with zero attached hydrogens (tertiary/aromatic N) is 1. The predicted octanol–water partition coefficient (Wildman–Crippen LogP) is 2.20. The molecule has 0 radical (unpaired) electrons. The molecule has 0 saturated heterocycles. The van der Waals surface area contributed by atoms with Gasteiger partial charge in [-0.3, -0.25) is 0 Å². The first-order chi connectivity index (χ1) is 8.63. The molecule has 1 aliphatic rings. The van der Waals surface area contributed by atoms with E-state index in [2.05, 4.69) is 0 Å². The molecule has 100 valence electrons. The molecule has 0 amide bonds. The Kier molecular flexibility index (Phi) is 4.19. The van der Waals surface area contributed by atoms with Gasteiger partial charge in [0.1, 0.15) is 5.82 Å². The van der Waals surface area contributed by atoms with E-state index in [1.165, 1.54) is 12.5 Å². The second-order valence-corrected chi connectivity index (χ2v) is 5.00. The number of benzene rings is 1. The standard InChI is InChI=1S/C14H21FN2O/c1-10(16)11-5-6-14(13(15)9-11)17(7-8-18)12-3-2-4-12/h5-6,9-10,12,18H,2-4,7-8,16H2,1H3/t10-/m1/s1. The molecule has 0 spiro atoms. The van der Waals surface area contributed by atoms with Crippen molar-refractivity contribution >= 4 is 5.69 Å². The summed E-state index contributed by atoms with van der Waals surface area (Å²) in [7, 11) is 0. The van der Waals surface area contributed by atoms with Gasteiger partial charge in [-0.2, -0.15) is 0 Å². The molecule has 0 unspecified atom stereocenters. The average molecular weight is 252 g/mol. The summed E-state index contributed by atoms with van der Waals surface area (Å²) in [6.45, 7) is 2.37. The summed E-state index contributed by atoms with van der Waals surface area (Å²) >= 11 is 0. The lowest BCUT2D eigenvalue weighted by Gasteiger charge is -2.39. The van der Waals surface area contributed by atoms with Crippen molar-refractivity contribution in [3.8, 4) is 0 Å². The minimum atomic E-state index is -0.245. The smallest absolute Gasteiger partial charge is 0.146 e. The monoisotopic (exact) mass is 252 g/mol. The molecule has 1 aliphatic carbocycles. The number of aliphatic hydroxyl groups is 1. The SMILES string of the molecule is C[C@@H](N)c1ccc(N(CCO)C2CCC2)c(F)c1. The Morgan fingerprint density at radius 2 is 2.22 bits per heavy atom. The summed E-state index contributed by atoms with van der Waals surface area (Å²) in [6, 6.07) is 5.35. The first-order valence-corrected chi connectivity index (χ1v) is 6.56. The van der Waals surface area contributed by atoms with Crippen LogP contribution in [0, 0.1) is 5.82 Å². The Morgan fingerprint density at radius 1 is 1.50 bits per heavy atom.